The van der Waals surface area contributed by atoms with Crippen molar-refractivity contribution in [3.05, 3.63) is 87.9 Å². The molecule has 0 radical (unpaired) electrons. The summed E-state index contributed by atoms with van der Waals surface area (Å²) in [5.74, 6) is 0. The molecule has 0 fully saturated rings. The van der Waals surface area contributed by atoms with Crippen molar-refractivity contribution in [3.63, 3.8) is 0 Å². The predicted molar refractivity (Wildman–Crippen MR) is 124 cm³/mol. The summed E-state index contributed by atoms with van der Waals surface area (Å²) in [5.41, 5.74) is 0. The van der Waals surface area contributed by atoms with Crippen LogP contribution in [0.25, 0.3) is 0 Å². The van der Waals surface area contributed by atoms with E-state index >= 15 is 0 Å². The maximum Gasteiger partial charge on any atom is 3.00 e. The Morgan fingerprint density at radius 3 is 0.676 bits per heavy atom. The summed E-state index contributed by atoms with van der Waals surface area (Å²) in [4.78, 5) is -0.786. The van der Waals surface area contributed by atoms with Crippen molar-refractivity contribution in [1.29, 1.82) is 0 Å². The monoisotopic (exact) mass is 600 g/mol. The maximum absolute atomic E-state index is 10.3. The van der Waals surface area contributed by atoms with Crippen molar-refractivity contribution < 1.29 is 38.9 Å². The van der Waals surface area contributed by atoms with E-state index in [1.807, 2.05) is 0 Å². The third-order valence-electron chi connectivity index (χ3n) is 3.31. The second-order valence-electron chi connectivity index (χ2n) is 5.72. The average Bonchev–Trinajstić information content (AvgIpc) is 2.68. The van der Waals surface area contributed by atoms with Gasteiger partial charge >= 0.3 is 17.4 Å². The van der Waals surface area contributed by atoms with E-state index in [-0.39, 0.29) is 32.0 Å². The first-order valence-electron chi connectivity index (χ1n) is 8.14. The largest absolute Gasteiger partial charge is 3.00 e. The van der Waals surface area contributed by atoms with E-state index < -0.39 is 30.4 Å². The van der Waals surface area contributed by atoms with Crippen molar-refractivity contribution >= 4 is 82.5 Å². The summed E-state index contributed by atoms with van der Waals surface area (Å²) in [7, 11) is -13.0. The molecule has 0 bridgehead atoms. The molecule has 0 spiro atoms. The Morgan fingerprint density at radius 2 is 0.559 bits per heavy atom. The zero-order valence-electron chi connectivity index (χ0n) is 16.5. The first-order chi connectivity index (χ1) is 15.0. The number of hydrogen-bond acceptors (Lipinski definition) is 9. The van der Waals surface area contributed by atoms with Crippen LogP contribution in [0.3, 0.4) is 0 Å². The van der Waals surface area contributed by atoms with Crippen LogP contribution in [-0.2, 0) is 30.4 Å². The molecule has 3 aromatic rings. The van der Waals surface area contributed by atoms with E-state index in [1.54, 1.807) is 0 Å². The molecule has 0 aromatic heterocycles. The zero-order chi connectivity index (χ0) is 25.4. The summed E-state index contributed by atoms with van der Waals surface area (Å²) in [6, 6.07) is 15.1. The van der Waals surface area contributed by atoms with Crippen molar-refractivity contribution in [2.24, 2.45) is 0 Å². The van der Waals surface area contributed by atoms with Crippen LogP contribution >= 0.6 is 34.8 Å². The van der Waals surface area contributed by atoms with Gasteiger partial charge < -0.3 is 13.7 Å². The van der Waals surface area contributed by atoms with E-state index in [0.29, 0.717) is 15.1 Å². The Hall–Kier alpha value is -1.21. The molecule has 0 aliphatic rings. The quantitative estimate of drug-likeness (QED) is 0.322. The van der Waals surface area contributed by atoms with Gasteiger partial charge in [-0.1, -0.05) is 34.8 Å². The van der Waals surface area contributed by atoms with E-state index in [4.69, 9.17) is 34.8 Å². The van der Waals surface area contributed by atoms with Gasteiger partial charge in [-0.2, -0.15) is 0 Å². The van der Waals surface area contributed by atoms with Gasteiger partial charge in [-0.25, -0.2) is 25.3 Å². The molecule has 0 unspecified atom stereocenters. The van der Waals surface area contributed by atoms with E-state index in [0.717, 1.165) is 0 Å². The minimum atomic E-state index is -4.33. The number of benzene rings is 3. The molecule has 34 heavy (non-hydrogen) atoms. The van der Waals surface area contributed by atoms with Gasteiger partial charge in [0.05, 0.1) is 14.7 Å². The molecule has 0 heterocycles. The van der Waals surface area contributed by atoms with Gasteiger partial charge in [0.25, 0.3) is 0 Å². The van der Waals surface area contributed by atoms with Gasteiger partial charge in [0.15, 0.2) is 0 Å². The predicted octanol–water partition coefficient (Wildman–Crippen LogP) is 3.35. The van der Waals surface area contributed by atoms with Crippen molar-refractivity contribution in [1.82, 2.24) is 0 Å². The smallest absolute Gasteiger partial charge is 0.744 e. The molecular formula is C18H12AlCl3O9S3. The van der Waals surface area contributed by atoms with Crippen LogP contribution in [-0.4, -0.2) is 56.3 Å². The Balaban J connectivity index is 0.000000473. The molecule has 9 nitrogen and oxygen atoms in total. The molecule has 0 aliphatic carbocycles. The molecule has 0 saturated carbocycles. The van der Waals surface area contributed by atoms with Crippen LogP contribution in [0.15, 0.2) is 87.5 Å². The van der Waals surface area contributed by atoms with Gasteiger partial charge in [-0.15, -0.1) is 0 Å². The van der Waals surface area contributed by atoms with Gasteiger partial charge in [0.1, 0.15) is 30.4 Å². The Labute approximate surface area is 222 Å². The van der Waals surface area contributed by atoms with E-state index in [1.165, 1.54) is 72.8 Å². The molecule has 3 rings (SSSR count). The zero-order valence-corrected chi connectivity index (χ0v) is 22.4. The molecule has 0 aliphatic heterocycles. The molecule has 0 N–H and O–H groups in total. The van der Waals surface area contributed by atoms with Crippen LogP contribution < -0.4 is 0 Å². The third-order valence-corrected chi connectivity index (χ3v) is 6.61. The minimum absolute atomic E-state index is 0. The molecule has 0 amide bonds. The van der Waals surface area contributed by atoms with Gasteiger partial charge in [0, 0.05) is 15.1 Å². The number of halogens is 3. The SMILES string of the molecule is O=S(=O)([O-])c1ccc(Cl)cc1.O=S(=O)([O-])c1ccc(Cl)cc1.O=S(=O)([O-])c1ccc(Cl)cc1.[Al+3]. The normalized spacial score (nSPS) is 11.1. The minimum Gasteiger partial charge on any atom is -0.744 e. The molecule has 16 heteroatoms. The summed E-state index contributed by atoms with van der Waals surface area (Å²) in [5, 5.41) is 1.20. The fourth-order valence-corrected chi connectivity index (χ4v) is 3.59. The summed E-state index contributed by atoms with van der Waals surface area (Å²) >= 11 is 16.4. The van der Waals surface area contributed by atoms with Crippen molar-refractivity contribution in [3.8, 4) is 0 Å². The number of rotatable bonds is 3. The van der Waals surface area contributed by atoms with Gasteiger partial charge in [-0.3, -0.25) is 0 Å². The first-order valence-corrected chi connectivity index (χ1v) is 13.5. The average molecular weight is 602 g/mol. The van der Waals surface area contributed by atoms with E-state index in [2.05, 4.69) is 0 Å². The van der Waals surface area contributed by atoms with Crippen LogP contribution in [0.4, 0.5) is 0 Å². The summed E-state index contributed by atoms with van der Waals surface area (Å²) in [6.45, 7) is 0. The second-order valence-corrected chi connectivity index (χ2v) is 11.2. The standard InChI is InChI=1S/3C6H5ClO3S.Al/c3*7-5-1-3-6(4-2-5)11(8,9)10;/h3*1-4H,(H,8,9,10);/q;;;+3/p-3. The summed E-state index contributed by atoms with van der Waals surface area (Å²) in [6.07, 6.45) is 0. The topological polar surface area (TPSA) is 172 Å². The fraction of sp³-hybridized carbons (Fsp3) is 0. The van der Waals surface area contributed by atoms with Crippen LogP contribution in [0.2, 0.25) is 15.1 Å². The van der Waals surface area contributed by atoms with Crippen molar-refractivity contribution in [2.45, 2.75) is 14.7 Å². The maximum atomic E-state index is 10.3. The first kappa shape index (κ1) is 32.8. The molecule has 0 saturated heterocycles. The third kappa shape index (κ3) is 12.5. The molecular weight excluding hydrogens is 590 g/mol. The Bertz CT molecular complexity index is 1200. The van der Waals surface area contributed by atoms with Crippen LogP contribution in [0.5, 0.6) is 0 Å². The Morgan fingerprint density at radius 1 is 0.412 bits per heavy atom. The van der Waals surface area contributed by atoms with Crippen LogP contribution in [0, 0.1) is 0 Å². The van der Waals surface area contributed by atoms with Crippen molar-refractivity contribution in [2.75, 3.05) is 0 Å². The van der Waals surface area contributed by atoms with Crippen LogP contribution in [0.1, 0.15) is 0 Å². The van der Waals surface area contributed by atoms with Gasteiger partial charge in [0.2, 0.25) is 0 Å². The second kappa shape index (κ2) is 13.8. The van der Waals surface area contributed by atoms with Gasteiger partial charge in [-0.05, 0) is 72.8 Å². The Kier molecular flexibility index (Phi) is 13.3. The van der Waals surface area contributed by atoms with E-state index in [9.17, 15) is 38.9 Å². The molecule has 180 valence electrons. The fourth-order valence-electron chi connectivity index (χ4n) is 1.80. The molecule has 0 atom stereocenters. The summed E-state index contributed by atoms with van der Waals surface area (Å²) < 4.78 is 93.1. The molecule has 3 aromatic carbocycles. The number of hydrogen-bond donors (Lipinski definition) is 0.